The van der Waals surface area contributed by atoms with Gasteiger partial charge in [-0.25, -0.2) is 4.79 Å². The van der Waals surface area contributed by atoms with Gasteiger partial charge in [0.1, 0.15) is 5.69 Å². The van der Waals surface area contributed by atoms with E-state index in [0.717, 1.165) is 25.9 Å². The SMILES string of the molecule is COC(=O)c1c(C)[nH]c(C(=O)N2CCC[C@@H](C(=O)N3CCN(c4cc(C)ccc4C)CC3)C2)c1C. The summed E-state index contributed by atoms with van der Waals surface area (Å²) in [5.74, 6) is -0.686. The minimum atomic E-state index is -0.456. The summed E-state index contributed by atoms with van der Waals surface area (Å²) < 4.78 is 4.86. The Morgan fingerprint density at radius 3 is 2.37 bits per heavy atom. The topological polar surface area (TPSA) is 85.9 Å². The summed E-state index contributed by atoms with van der Waals surface area (Å²) >= 11 is 0. The van der Waals surface area contributed by atoms with Crippen LogP contribution in [0.25, 0.3) is 0 Å². The van der Waals surface area contributed by atoms with E-state index in [1.54, 1.807) is 18.7 Å². The predicted molar refractivity (Wildman–Crippen MR) is 135 cm³/mol. The summed E-state index contributed by atoms with van der Waals surface area (Å²) in [7, 11) is 1.33. The van der Waals surface area contributed by atoms with Crippen LogP contribution in [0.2, 0.25) is 0 Å². The fraction of sp³-hybridized carbons (Fsp3) is 0.519. The third-order valence-electron chi connectivity index (χ3n) is 7.40. The van der Waals surface area contributed by atoms with Gasteiger partial charge < -0.3 is 24.4 Å². The number of piperidine rings is 1. The number of aryl methyl sites for hydroxylation is 3. The maximum Gasteiger partial charge on any atom is 0.339 e. The van der Waals surface area contributed by atoms with Crippen molar-refractivity contribution >= 4 is 23.5 Å². The summed E-state index contributed by atoms with van der Waals surface area (Å²) in [6.45, 7) is 11.7. The molecule has 35 heavy (non-hydrogen) atoms. The number of likely N-dealkylation sites (tertiary alicyclic amines) is 1. The van der Waals surface area contributed by atoms with Gasteiger partial charge in [-0.1, -0.05) is 12.1 Å². The molecule has 2 saturated heterocycles. The zero-order valence-corrected chi connectivity index (χ0v) is 21.4. The highest BCUT2D eigenvalue weighted by atomic mass is 16.5. The Morgan fingerprint density at radius 1 is 0.971 bits per heavy atom. The van der Waals surface area contributed by atoms with E-state index in [0.29, 0.717) is 48.7 Å². The number of aromatic nitrogens is 1. The fourth-order valence-corrected chi connectivity index (χ4v) is 5.38. The van der Waals surface area contributed by atoms with Crippen LogP contribution in [0.5, 0.6) is 0 Å². The van der Waals surface area contributed by atoms with Gasteiger partial charge in [0.25, 0.3) is 5.91 Å². The summed E-state index contributed by atoms with van der Waals surface area (Å²) in [4.78, 5) is 47.9. The number of methoxy groups -OCH3 is 1. The number of amides is 2. The molecular weight excluding hydrogens is 444 g/mol. The number of benzene rings is 1. The number of rotatable bonds is 4. The Bertz CT molecular complexity index is 1130. The van der Waals surface area contributed by atoms with Crippen LogP contribution in [0.4, 0.5) is 5.69 Å². The van der Waals surface area contributed by atoms with Crippen molar-refractivity contribution in [3.05, 3.63) is 51.8 Å². The molecule has 1 aromatic heterocycles. The second kappa shape index (κ2) is 10.1. The maximum atomic E-state index is 13.4. The number of aromatic amines is 1. The quantitative estimate of drug-likeness (QED) is 0.679. The molecule has 2 fully saturated rings. The normalized spacial score (nSPS) is 18.5. The molecule has 0 saturated carbocycles. The maximum absolute atomic E-state index is 13.4. The zero-order valence-electron chi connectivity index (χ0n) is 21.4. The molecule has 1 atom stereocenters. The minimum absolute atomic E-state index is 0.137. The summed E-state index contributed by atoms with van der Waals surface area (Å²) in [5.41, 5.74) is 5.75. The number of hydrogen-bond donors (Lipinski definition) is 1. The van der Waals surface area contributed by atoms with E-state index in [1.165, 1.54) is 23.9 Å². The molecule has 2 aliphatic heterocycles. The average molecular weight is 481 g/mol. The first-order valence-corrected chi connectivity index (χ1v) is 12.4. The van der Waals surface area contributed by atoms with E-state index in [-0.39, 0.29) is 17.7 Å². The smallest absolute Gasteiger partial charge is 0.339 e. The van der Waals surface area contributed by atoms with E-state index >= 15 is 0 Å². The molecule has 188 valence electrons. The summed E-state index contributed by atoms with van der Waals surface area (Å²) in [5, 5.41) is 0. The number of carbonyl (C=O) groups is 3. The number of hydrogen-bond acceptors (Lipinski definition) is 5. The third kappa shape index (κ3) is 4.92. The largest absolute Gasteiger partial charge is 0.465 e. The Morgan fingerprint density at radius 2 is 1.69 bits per heavy atom. The van der Waals surface area contributed by atoms with Crippen LogP contribution in [0, 0.1) is 33.6 Å². The molecule has 1 aromatic carbocycles. The van der Waals surface area contributed by atoms with Crippen LogP contribution in [0.3, 0.4) is 0 Å². The van der Waals surface area contributed by atoms with Gasteiger partial charge in [0, 0.05) is 50.6 Å². The van der Waals surface area contributed by atoms with E-state index in [9.17, 15) is 14.4 Å². The van der Waals surface area contributed by atoms with Gasteiger partial charge in [-0.3, -0.25) is 9.59 Å². The van der Waals surface area contributed by atoms with Crippen molar-refractivity contribution in [1.29, 1.82) is 0 Å². The van der Waals surface area contributed by atoms with Crippen molar-refractivity contribution in [2.24, 2.45) is 5.92 Å². The van der Waals surface area contributed by atoms with Gasteiger partial charge in [0.15, 0.2) is 0 Å². The first-order chi connectivity index (χ1) is 16.7. The van der Waals surface area contributed by atoms with Crippen LogP contribution in [0.1, 0.15) is 56.1 Å². The number of nitrogens with one attached hydrogen (secondary N) is 1. The predicted octanol–water partition coefficient (Wildman–Crippen LogP) is 3.24. The zero-order chi connectivity index (χ0) is 25.3. The van der Waals surface area contributed by atoms with Crippen LogP contribution >= 0.6 is 0 Å². The second-order valence-corrected chi connectivity index (χ2v) is 9.81. The first-order valence-electron chi connectivity index (χ1n) is 12.4. The molecule has 8 heteroatoms. The average Bonchev–Trinajstić information content (AvgIpc) is 3.17. The van der Waals surface area contributed by atoms with Crippen molar-refractivity contribution in [1.82, 2.24) is 14.8 Å². The summed E-state index contributed by atoms with van der Waals surface area (Å²) in [6, 6.07) is 6.49. The molecule has 4 rings (SSSR count). The Hall–Kier alpha value is -3.29. The van der Waals surface area contributed by atoms with Gasteiger partial charge in [0.2, 0.25) is 5.91 Å². The van der Waals surface area contributed by atoms with Crippen molar-refractivity contribution in [3.8, 4) is 0 Å². The number of nitrogens with zero attached hydrogens (tertiary/aromatic N) is 3. The van der Waals surface area contributed by atoms with Gasteiger partial charge >= 0.3 is 5.97 Å². The number of ether oxygens (including phenoxy) is 1. The van der Waals surface area contributed by atoms with Crippen molar-refractivity contribution in [3.63, 3.8) is 0 Å². The van der Waals surface area contributed by atoms with Gasteiger partial charge in [0.05, 0.1) is 18.6 Å². The number of H-pyrrole nitrogens is 1. The molecule has 1 N–H and O–H groups in total. The molecule has 0 radical (unpaired) electrons. The second-order valence-electron chi connectivity index (χ2n) is 9.81. The molecule has 2 amide bonds. The molecule has 0 spiro atoms. The van der Waals surface area contributed by atoms with Crippen LogP contribution in [-0.4, -0.2) is 78.9 Å². The molecule has 2 aromatic rings. The lowest BCUT2D eigenvalue weighted by Gasteiger charge is -2.40. The van der Waals surface area contributed by atoms with Crippen LogP contribution in [-0.2, 0) is 9.53 Å². The van der Waals surface area contributed by atoms with Gasteiger partial charge in [-0.2, -0.15) is 0 Å². The van der Waals surface area contributed by atoms with Crippen LogP contribution < -0.4 is 4.90 Å². The van der Waals surface area contributed by atoms with E-state index < -0.39 is 5.97 Å². The number of carbonyl (C=O) groups excluding carboxylic acids is 3. The van der Waals surface area contributed by atoms with E-state index in [2.05, 4.69) is 41.9 Å². The highest BCUT2D eigenvalue weighted by Crippen LogP contribution is 2.26. The number of anilines is 1. The van der Waals surface area contributed by atoms with E-state index in [1.807, 2.05) is 4.90 Å². The standard InChI is InChI=1S/C27H36N4O4/c1-17-8-9-18(2)22(15-17)29-11-13-30(14-12-29)25(32)21-7-6-10-31(16-21)26(33)24-19(3)23(20(4)28-24)27(34)35-5/h8-9,15,21,28H,6-7,10-14,16H2,1-5H3/t21-/m1/s1. The molecule has 2 aliphatic rings. The number of piperazine rings is 1. The molecular formula is C27H36N4O4. The highest BCUT2D eigenvalue weighted by Gasteiger charge is 2.34. The fourth-order valence-electron chi connectivity index (χ4n) is 5.38. The third-order valence-corrected chi connectivity index (χ3v) is 7.40. The Labute approximate surface area is 207 Å². The van der Waals surface area contributed by atoms with Crippen molar-refractivity contribution in [2.45, 2.75) is 40.5 Å². The minimum Gasteiger partial charge on any atom is -0.465 e. The number of esters is 1. The molecule has 0 bridgehead atoms. The first kappa shape index (κ1) is 24.8. The van der Waals surface area contributed by atoms with Crippen molar-refractivity contribution in [2.75, 3.05) is 51.3 Å². The lowest BCUT2D eigenvalue weighted by atomic mass is 9.95. The Kier molecular flexibility index (Phi) is 7.19. The summed E-state index contributed by atoms with van der Waals surface area (Å²) in [6.07, 6.45) is 1.57. The highest BCUT2D eigenvalue weighted by molar-refractivity contribution is 6.00. The lowest BCUT2D eigenvalue weighted by molar-refractivity contribution is -0.137. The molecule has 0 unspecified atom stereocenters. The van der Waals surface area contributed by atoms with E-state index in [4.69, 9.17) is 4.74 Å². The Balaban J connectivity index is 1.40. The van der Waals surface area contributed by atoms with Crippen LogP contribution in [0.15, 0.2) is 18.2 Å². The molecule has 0 aliphatic carbocycles. The molecule has 8 nitrogen and oxygen atoms in total. The monoisotopic (exact) mass is 480 g/mol. The molecule has 3 heterocycles. The van der Waals surface area contributed by atoms with Crippen molar-refractivity contribution < 1.29 is 19.1 Å². The van der Waals surface area contributed by atoms with Gasteiger partial charge in [-0.15, -0.1) is 0 Å². The lowest BCUT2D eigenvalue weighted by Crippen LogP contribution is -2.53. The van der Waals surface area contributed by atoms with Gasteiger partial charge in [-0.05, 0) is 63.3 Å².